The molecule has 4 amide bonds. The Morgan fingerprint density at radius 2 is 1.90 bits per heavy atom. The van der Waals surface area contributed by atoms with E-state index in [9.17, 15) is 19.2 Å². The molecule has 166 valence electrons. The lowest BCUT2D eigenvalue weighted by atomic mass is 9.98. The van der Waals surface area contributed by atoms with E-state index in [-0.39, 0.29) is 30.8 Å². The number of imide groups is 1. The average molecular weight is 428 g/mol. The number of aryl methyl sites for hydroxylation is 2. The van der Waals surface area contributed by atoms with Crippen LogP contribution >= 0.6 is 0 Å². The maximum absolute atomic E-state index is 12.6. The van der Waals surface area contributed by atoms with E-state index >= 15 is 0 Å². The molecule has 1 heterocycles. The molecule has 1 atom stereocenters. The molecule has 31 heavy (non-hydrogen) atoms. The molecule has 0 bridgehead atoms. The molecule has 8 nitrogen and oxygen atoms in total. The van der Waals surface area contributed by atoms with E-state index < -0.39 is 17.6 Å². The third-order valence-electron chi connectivity index (χ3n) is 6.51. The normalized spacial score (nSPS) is 20.0. The number of hydrogen-bond donors (Lipinski definition) is 2. The highest BCUT2D eigenvalue weighted by atomic mass is 16.5. The highest BCUT2D eigenvalue weighted by Crippen LogP contribution is 2.35. The summed E-state index contributed by atoms with van der Waals surface area (Å²) in [4.78, 5) is 50.5. The second-order valence-electron chi connectivity index (χ2n) is 8.74. The smallest absolute Gasteiger partial charge is 0.325 e. The van der Waals surface area contributed by atoms with Gasteiger partial charge in [0.25, 0.3) is 11.8 Å². The molecule has 1 aromatic rings. The van der Waals surface area contributed by atoms with Crippen LogP contribution in [0.4, 0.5) is 10.5 Å². The molecule has 0 unspecified atom stereocenters. The fourth-order valence-corrected chi connectivity index (χ4v) is 4.78. The highest BCUT2D eigenvalue weighted by Gasteiger charge is 2.52. The number of amides is 4. The fourth-order valence-electron chi connectivity index (χ4n) is 4.78. The molecule has 0 radical (unpaired) electrons. The first kappa shape index (κ1) is 21.3. The molecule has 1 saturated carbocycles. The van der Waals surface area contributed by atoms with Crippen LogP contribution in [-0.4, -0.2) is 46.9 Å². The number of nitrogens with one attached hydrogen (secondary N) is 2. The summed E-state index contributed by atoms with van der Waals surface area (Å²) in [6.45, 7) is 1.69. The van der Waals surface area contributed by atoms with Crippen molar-refractivity contribution in [3.63, 3.8) is 0 Å². The minimum Gasteiger partial charge on any atom is -0.453 e. The Morgan fingerprint density at radius 1 is 1.16 bits per heavy atom. The first-order valence-corrected chi connectivity index (χ1v) is 11.1. The van der Waals surface area contributed by atoms with Crippen molar-refractivity contribution < 1.29 is 23.9 Å². The molecule has 3 aliphatic rings. The van der Waals surface area contributed by atoms with E-state index in [4.69, 9.17) is 4.74 Å². The molecule has 4 rings (SSSR count). The molecule has 2 N–H and O–H groups in total. The van der Waals surface area contributed by atoms with Gasteiger partial charge >= 0.3 is 12.0 Å². The third kappa shape index (κ3) is 4.43. The summed E-state index contributed by atoms with van der Waals surface area (Å²) in [5, 5.41) is 5.62. The fraction of sp³-hybridized carbons (Fsp3) is 0.565. The number of rotatable bonds is 7. The number of urea groups is 1. The Hall–Kier alpha value is -2.90. The number of carbonyl (C=O) groups excluding carboxylic acids is 4. The number of anilines is 1. The first-order valence-electron chi connectivity index (χ1n) is 11.1. The second-order valence-corrected chi connectivity index (χ2v) is 8.74. The predicted octanol–water partition coefficient (Wildman–Crippen LogP) is 2.69. The van der Waals surface area contributed by atoms with Gasteiger partial charge in [0.1, 0.15) is 5.54 Å². The molecule has 1 spiro atoms. The van der Waals surface area contributed by atoms with Gasteiger partial charge in [-0.1, -0.05) is 18.9 Å². The SMILES string of the molecule is C[C@@H](OC(=O)CCCN1C(=O)NC2(CCCC2)C1=O)C(=O)Nc1ccc2c(c1)CCC2. The second kappa shape index (κ2) is 8.69. The van der Waals surface area contributed by atoms with Gasteiger partial charge in [0.2, 0.25) is 0 Å². The average Bonchev–Trinajstić information content (AvgIpc) is 3.44. The van der Waals surface area contributed by atoms with E-state index in [0.717, 1.165) is 32.1 Å². The van der Waals surface area contributed by atoms with Crippen molar-refractivity contribution >= 4 is 29.5 Å². The van der Waals surface area contributed by atoms with Crippen molar-refractivity contribution in [3.8, 4) is 0 Å². The standard InChI is InChI=1S/C23H29N3O5/c1-15(20(28)24-18-10-9-16-6-4-7-17(16)14-18)31-19(27)8-5-13-26-21(29)23(25-22(26)30)11-2-3-12-23/h9-10,14-15H,2-8,11-13H2,1H3,(H,24,28)(H,25,30)/t15-/m1/s1. The van der Waals surface area contributed by atoms with Crippen LogP contribution in [0.3, 0.4) is 0 Å². The quantitative estimate of drug-likeness (QED) is 0.514. The van der Waals surface area contributed by atoms with Crippen LogP contribution in [0, 0.1) is 0 Å². The van der Waals surface area contributed by atoms with Gasteiger partial charge in [-0.15, -0.1) is 0 Å². The molecular weight excluding hydrogens is 398 g/mol. The van der Waals surface area contributed by atoms with Crippen LogP contribution in [0.15, 0.2) is 18.2 Å². The zero-order chi connectivity index (χ0) is 22.0. The molecule has 0 aromatic heterocycles. The molecular formula is C23H29N3O5. The molecule has 2 fully saturated rings. The van der Waals surface area contributed by atoms with E-state index in [1.807, 2.05) is 18.2 Å². The van der Waals surface area contributed by atoms with Gasteiger partial charge in [-0.3, -0.25) is 19.3 Å². The van der Waals surface area contributed by atoms with E-state index in [1.165, 1.54) is 23.0 Å². The van der Waals surface area contributed by atoms with Crippen molar-refractivity contribution in [1.82, 2.24) is 10.2 Å². The van der Waals surface area contributed by atoms with Crippen molar-refractivity contribution in [2.45, 2.75) is 76.4 Å². The van der Waals surface area contributed by atoms with Crippen LogP contribution < -0.4 is 10.6 Å². The number of carbonyl (C=O) groups is 4. The molecule has 2 aliphatic carbocycles. The first-order chi connectivity index (χ1) is 14.9. The summed E-state index contributed by atoms with van der Waals surface area (Å²) < 4.78 is 5.23. The van der Waals surface area contributed by atoms with Crippen LogP contribution in [0.1, 0.15) is 63.0 Å². The van der Waals surface area contributed by atoms with Crippen LogP contribution in [-0.2, 0) is 32.0 Å². The van der Waals surface area contributed by atoms with Gasteiger partial charge in [-0.2, -0.15) is 0 Å². The van der Waals surface area contributed by atoms with Gasteiger partial charge < -0.3 is 15.4 Å². The van der Waals surface area contributed by atoms with E-state index in [1.54, 1.807) is 0 Å². The topological polar surface area (TPSA) is 105 Å². The van der Waals surface area contributed by atoms with Gasteiger partial charge in [0, 0.05) is 18.7 Å². The van der Waals surface area contributed by atoms with Gasteiger partial charge in [-0.25, -0.2) is 4.79 Å². The Labute approximate surface area is 181 Å². The summed E-state index contributed by atoms with van der Waals surface area (Å²) >= 11 is 0. The number of esters is 1. The predicted molar refractivity (Wildman–Crippen MR) is 113 cm³/mol. The molecule has 1 aromatic carbocycles. The van der Waals surface area contributed by atoms with Crippen molar-refractivity contribution in [3.05, 3.63) is 29.3 Å². The zero-order valence-corrected chi connectivity index (χ0v) is 17.9. The number of ether oxygens (including phenoxy) is 1. The Balaban J connectivity index is 1.21. The minimum atomic E-state index is -0.931. The number of fused-ring (bicyclic) bond motifs is 1. The monoisotopic (exact) mass is 427 g/mol. The lowest BCUT2D eigenvalue weighted by molar-refractivity contribution is -0.153. The highest BCUT2D eigenvalue weighted by molar-refractivity contribution is 6.07. The van der Waals surface area contributed by atoms with Gasteiger partial charge in [-0.05, 0) is 68.7 Å². The molecule has 1 saturated heterocycles. The molecule has 8 heteroatoms. The minimum absolute atomic E-state index is 0.0283. The Bertz CT molecular complexity index is 906. The van der Waals surface area contributed by atoms with Crippen molar-refractivity contribution in [2.24, 2.45) is 0 Å². The van der Waals surface area contributed by atoms with Gasteiger partial charge in [0.15, 0.2) is 6.10 Å². The summed E-state index contributed by atoms with van der Waals surface area (Å²) in [7, 11) is 0. The maximum atomic E-state index is 12.6. The number of nitrogens with zero attached hydrogens (tertiary/aromatic N) is 1. The van der Waals surface area contributed by atoms with Crippen LogP contribution in [0.5, 0.6) is 0 Å². The van der Waals surface area contributed by atoms with Crippen molar-refractivity contribution in [2.75, 3.05) is 11.9 Å². The molecule has 1 aliphatic heterocycles. The Kier molecular flexibility index (Phi) is 5.98. The number of benzene rings is 1. The Morgan fingerprint density at radius 3 is 2.68 bits per heavy atom. The van der Waals surface area contributed by atoms with E-state index in [0.29, 0.717) is 24.9 Å². The summed E-state index contributed by atoms with van der Waals surface area (Å²) in [5.74, 6) is -1.10. The lowest BCUT2D eigenvalue weighted by Crippen LogP contribution is -2.44. The zero-order valence-electron chi connectivity index (χ0n) is 17.9. The summed E-state index contributed by atoms with van der Waals surface area (Å²) in [6, 6.07) is 5.48. The largest absolute Gasteiger partial charge is 0.453 e. The summed E-state index contributed by atoms with van der Waals surface area (Å²) in [5.41, 5.74) is 2.54. The van der Waals surface area contributed by atoms with Crippen LogP contribution in [0.2, 0.25) is 0 Å². The maximum Gasteiger partial charge on any atom is 0.325 e. The summed E-state index contributed by atoms with van der Waals surface area (Å²) in [6.07, 6.45) is 5.82. The van der Waals surface area contributed by atoms with E-state index in [2.05, 4.69) is 10.6 Å². The van der Waals surface area contributed by atoms with Gasteiger partial charge in [0.05, 0.1) is 0 Å². The van der Waals surface area contributed by atoms with Crippen LogP contribution in [0.25, 0.3) is 0 Å². The lowest BCUT2D eigenvalue weighted by Gasteiger charge is -2.20. The third-order valence-corrected chi connectivity index (χ3v) is 6.51. The van der Waals surface area contributed by atoms with Crippen molar-refractivity contribution in [1.29, 1.82) is 0 Å². The number of hydrogen-bond acceptors (Lipinski definition) is 5.